The fourth-order valence-corrected chi connectivity index (χ4v) is 1.77. The van der Waals surface area contributed by atoms with Crippen LogP contribution in [0.25, 0.3) is 0 Å². The summed E-state index contributed by atoms with van der Waals surface area (Å²) in [6.07, 6.45) is -0.307. The molecule has 0 aromatic rings. The largest absolute Gasteiger partial charge is 0.481 e. The molecule has 0 radical (unpaired) electrons. The van der Waals surface area contributed by atoms with Gasteiger partial charge in [0.2, 0.25) is 0 Å². The van der Waals surface area contributed by atoms with Gasteiger partial charge in [-0.15, -0.1) is 0 Å². The van der Waals surface area contributed by atoms with Crippen molar-refractivity contribution in [3.8, 4) is 0 Å². The van der Waals surface area contributed by atoms with Gasteiger partial charge in [-0.25, -0.2) is 5.14 Å². The minimum atomic E-state index is -3.60. The Morgan fingerprint density at radius 2 is 2.14 bits per heavy atom. The lowest BCUT2D eigenvalue weighted by atomic mass is 10.2. The molecule has 1 aliphatic heterocycles. The van der Waals surface area contributed by atoms with Crippen LogP contribution < -0.4 is 5.14 Å². The first-order valence-electron chi connectivity index (χ1n) is 4.01. The minimum absolute atomic E-state index is 0.0775. The number of ether oxygens (including phenoxy) is 1. The van der Waals surface area contributed by atoms with Gasteiger partial charge in [0.1, 0.15) is 0 Å². The van der Waals surface area contributed by atoms with Gasteiger partial charge < -0.3 is 9.84 Å². The average Bonchev–Trinajstić information content (AvgIpc) is 1.90. The lowest BCUT2D eigenvalue weighted by Gasteiger charge is -2.36. The monoisotopic (exact) mass is 224 g/mol. The molecule has 1 heterocycles. The molecule has 3 N–H and O–H groups in total. The van der Waals surface area contributed by atoms with E-state index in [4.69, 9.17) is 15.0 Å². The molecule has 1 saturated heterocycles. The molecular formula is C6H12N2O5S. The van der Waals surface area contributed by atoms with Crippen molar-refractivity contribution in [1.29, 1.82) is 0 Å². The first kappa shape index (κ1) is 11.4. The van der Waals surface area contributed by atoms with Crippen molar-refractivity contribution in [3.63, 3.8) is 0 Å². The smallest absolute Gasteiger partial charge is 0.305 e. The van der Waals surface area contributed by atoms with Crippen LogP contribution in [0.1, 0.15) is 6.42 Å². The predicted molar refractivity (Wildman–Crippen MR) is 46.7 cm³/mol. The number of aliphatic carboxylic acids is 1. The minimum Gasteiger partial charge on any atom is -0.481 e. The molecule has 0 spiro atoms. The van der Waals surface area contributed by atoms with Crippen LogP contribution in [0.15, 0.2) is 0 Å². The van der Waals surface area contributed by atoms with Gasteiger partial charge in [0.25, 0.3) is 10.2 Å². The van der Waals surface area contributed by atoms with Crippen LogP contribution in [0.5, 0.6) is 0 Å². The lowest BCUT2D eigenvalue weighted by molar-refractivity contribution is -0.139. The SMILES string of the molecule is NS(=O)(=O)N1CC(OCCC(=O)O)C1. The second-order valence-corrected chi connectivity index (χ2v) is 4.54. The summed E-state index contributed by atoms with van der Waals surface area (Å²) in [7, 11) is -3.60. The highest BCUT2D eigenvalue weighted by Gasteiger charge is 2.34. The molecule has 0 aliphatic carbocycles. The zero-order valence-corrected chi connectivity index (χ0v) is 8.24. The maximum Gasteiger partial charge on any atom is 0.305 e. The number of carboxylic acid groups (broad SMARTS) is 1. The summed E-state index contributed by atoms with van der Waals surface area (Å²) in [5.74, 6) is -0.937. The van der Waals surface area contributed by atoms with Crippen LogP contribution in [0.3, 0.4) is 0 Å². The fraction of sp³-hybridized carbons (Fsp3) is 0.833. The molecule has 0 amide bonds. The van der Waals surface area contributed by atoms with Gasteiger partial charge in [-0.05, 0) is 0 Å². The summed E-state index contributed by atoms with van der Waals surface area (Å²) in [6, 6.07) is 0. The Bertz CT molecular complexity index is 308. The van der Waals surface area contributed by atoms with E-state index in [1.165, 1.54) is 0 Å². The molecular weight excluding hydrogens is 212 g/mol. The van der Waals surface area contributed by atoms with Crippen molar-refractivity contribution in [1.82, 2.24) is 4.31 Å². The number of rotatable bonds is 5. The zero-order valence-electron chi connectivity index (χ0n) is 7.42. The highest BCUT2D eigenvalue weighted by atomic mass is 32.2. The van der Waals surface area contributed by atoms with Crippen molar-refractivity contribution < 1.29 is 23.1 Å². The molecule has 14 heavy (non-hydrogen) atoms. The number of hydrogen-bond acceptors (Lipinski definition) is 4. The third-order valence-corrected chi connectivity index (χ3v) is 2.86. The summed E-state index contributed by atoms with van der Waals surface area (Å²) in [6.45, 7) is 0.509. The highest BCUT2D eigenvalue weighted by Crippen LogP contribution is 2.13. The summed E-state index contributed by atoms with van der Waals surface area (Å²) in [4.78, 5) is 10.1. The van der Waals surface area contributed by atoms with E-state index in [2.05, 4.69) is 0 Å². The van der Waals surface area contributed by atoms with Crippen molar-refractivity contribution in [2.45, 2.75) is 12.5 Å². The first-order valence-corrected chi connectivity index (χ1v) is 5.51. The van der Waals surface area contributed by atoms with E-state index < -0.39 is 16.2 Å². The van der Waals surface area contributed by atoms with Crippen LogP contribution in [0, 0.1) is 0 Å². The molecule has 82 valence electrons. The van der Waals surface area contributed by atoms with E-state index in [1.54, 1.807) is 0 Å². The van der Waals surface area contributed by atoms with Crippen LogP contribution in [0.2, 0.25) is 0 Å². The van der Waals surface area contributed by atoms with Crippen LogP contribution in [-0.4, -0.2) is 49.6 Å². The maximum absolute atomic E-state index is 10.7. The van der Waals surface area contributed by atoms with Gasteiger partial charge in [-0.3, -0.25) is 4.79 Å². The van der Waals surface area contributed by atoms with Gasteiger partial charge in [-0.2, -0.15) is 12.7 Å². The van der Waals surface area contributed by atoms with Gasteiger partial charge in [0.05, 0.1) is 19.1 Å². The van der Waals surface area contributed by atoms with Crippen LogP contribution in [0.4, 0.5) is 0 Å². The Hall–Kier alpha value is -0.700. The number of carbonyl (C=O) groups is 1. The molecule has 1 rings (SSSR count). The highest BCUT2D eigenvalue weighted by molar-refractivity contribution is 7.86. The van der Waals surface area contributed by atoms with Gasteiger partial charge in [0.15, 0.2) is 0 Å². The normalized spacial score (nSPS) is 19.2. The molecule has 0 bridgehead atoms. The lowest BCUT2D eigenvalue weighted by Crippen LogP contribution is -2.56. The van der Waals surface area contributed by atoms with E-state index >= 15 is 0 Å². The zero-order chi connectivity index (χ0) is 10.8. The van der Waals surface area contributed by atoms with Gasteiger partial charge in [-0.1, -0.05) is 0 Å². The van der Waals surface area contributed by atoms with Crippen molar-refractivity contribution in [3.05, 3.63) is 0 Å². The molecule has 0 atom stereocenters. The summed E-state index contributed by atoms with van der Waals surface area (Å²) in [5.41, 5.74) is 0. The summed E-state index contributed by atoms with van der Waals surface area (Å²) in [5, 5.41) is 13.1. The van der Waals surface area contributed by atoms with E-state index in [0.717, 1.165) is 4.31 Å². The number of hydrogen-bond donors (Lipinski definition) is 2. The molecule has 7 nitrogen and oxygen atoms in total. The van der Waals surface area contributed by atoms with Gasteiger partial charge in [0, 0.05) is 13.1 Å². The second-order valence-electron chi connectivity index (χ2n) is 3.00. The fourth-order valence-electron chi connectivity index (χ4n) is 1.03. The Labute approximate surface area is 81.6 Å². The average molecular weight is 224 g/mol. The quantitative estimate of drug-likeness (QED) is 0.582. The van der Waals surface area contributed by atoms with E-state index in [0.29, 0.717) is 0 Å². The molecule has 1 aliphatic rings. The van der Waals surface area contributed by atoms with Crippen LogP contribution in [-0.2, 0) is 19.7 Å². The Kier molecular flexibility index (Phi) is 3.43. The van der Waals surface area contributed by atoms with Gasteiger partial charge >= 0.3 is 5.97 Å². The molecule has 0 aromatic heterocycles. The third kappa shape index (κ3) is 3.22. The van der Waals surface area contributed by atoms with Crippen molar-refractivity contribution in [2.75, 3.05) is 19.7 Å². The Morgan fingerprint density at radius 3 is 2.57 bits per heavy atom. The molecule has 0 saturated carbocycles. The molecule has 0 aromatic carbocycles. The number of carboxylic acids is 1. The number of nitrogens with two attached hydrogens (primary N) is 1. The number of nitrogens with zero attached hydrogens (tertiary/aromatic N) is 1. The third-order valence-electron chi connectivity index (χ3n) is 1.84. The van der Waals surface area contributed by atoms with E-state index in [-0.39, 0.29) is 32.2 Å². The summed E-state index contributed by atoms with van der Waals surface area (Å²) >= 11 is 0. The standard InChI is InChI=1S/C6H12N2O5S/c7-14(11,12)8-3-5(4-8)13-2-1-6(9)10/h5H,1-4H2,(H,9,10)(H2,7,11,12). The topological polar surface area (TPSA) is 110 Å². The molecule has 0 unspecified atom stereocenters. The van der Waals surface area contributed by atoms with Crippen molar-refractivity contribution >= 4 is 16.2 Å². The first-order chi connectivity index (χ1) is 6.39. The van der Waals surface area contributed by atoms with E-state index in [9.17, 15) is 13.2 Å². The van der Waals surface area contributed by atoms with E-state index in [1.807, 2.05) is 0 Å². The second kappa shape index (κ2) is 4.22. The molecule has 1 fully saturated rings. The maximum atomic E-state index is 10.7. The predicted octanol–water partition coefficient (Wildman–Crippen LogP) is -1.63. The Balaban J connectivity index is 2.14. The van der Waals surface area contributed by atoms with Crippen LogP contribution >= 0.6 is 0 Å². The summed E-state index contributed by atoms with van der Waals surface area (Å²) < 4.78 is 27.5. The van der Waals surface area contributed by atoms with Crippen molar-refractivity contribution in [2.24, 2.45) is 5.14 Å². The molecule has 8 heteroatoms. The Morgan fingerprint density at radius 1 is 1.57 bits per heavy atom.